The van der Waals surface area contributed by atoms with E-state index in [4.69, 9.17) is 11.6 Å². The molecule has 0 heterocycles. The van der Waals surface area contributed by atoms with Crippen LogP contribution in [0.25, 0.3) is 0 Å². The zero-order valence-electron chi connectivity index (χ0n) is 10.6. The summed E-state index contributed by atoms with van der Waals surface area (Å²) in [6, 6.07) is 11.2. The van der Waals surface area contributed by atoms with Gasteiger partial charge in [-0.3, -0.25) is 4.79 Å². The summed E-state index contributed by atoms with van der Waals surface area (Å²) in [5.74, 6) is -0.633. The molecule has 1 amide bonds. The van der Waals surface area contributed by atoms with Gasteiger partial charge in [0.25, 0.3) is 5.91 Å². The van der Waals surface area contributed by atoms with Crippen LogP contribution >= 0.6 is 11.6 Å². The van der Waals surface area contributed by atoms with Crippen molar-refractivity contribution in [2.75, 3.05) is 6.54 Å². The van der Waals surface area contributed by atoms with Crippen molar-refractivity contribution in [2.24, 2.45) is 0 Å². The largest absolute Gasteiger partial charge is 0.508 e. The van der Waals surface area contributed by atoms with Crippen LogP contribution in [-0.4, -0.2) is 22.7 Å². The molecule has 0 spiro atoms. The Morgan fingerprint density at radius 2 is 1.65 bits per heavy atom. The SMILES string of the molecule is O=C(NCCc1ccc(Cl)cc1)c1cc(O)cc(O)c1. The Morgan fingerprint density at radius 1 is 1.05 bits per heavy atom. The Balaban J connectivity index is 1.90. The predicted molar refractivity (Wildman–Crippen MR) is 77.3 cm³/mol. The van der Waals surface area contributed by atoms with E-state index in [9.17, 15) is 15.0 Å². The van der Waals surface area contributed by atoms with Crippen LogP contribution in [0, 0.1) is 0 Å². The Bertz CT molecular complexity index is 591. The van der Waals surface area contributed by atoms with E-state index in [1.165, 1.54) is 18.2 Å². The molecular formula is C15H14ClNO3. The first-order valence-electron chi connectivity index (χ1n) is 6.10. The summed E-state index contributed by atoms with van der Waals surface area (Å²) in [6.45, 7) is 0.455. The Kier molecular flexibility index (Phi) is 4.48. The fourth-order valence-corrected chi connectivity index (χ4v) is 1.93. The lowest BCUT2D eigenvalue weighted by atomic mass is 10.1. The van der Waals surface area contributed by atoms with Gasteiger partial charge >= 0.3 is 0 Å². The van der Waals surface area contributed by atoms with E-state index in [1.54, 1.807) is 12.1 Å². The van der Waals surface area contributed by atoms with Gasteiger partial charge in [-0.25, -0.2) is 0 Å². The number of carbonyl (C=O) groups excluding carboxylic acids is 1. The Morgan fingerprint density at radius 3 is 2.25 bits per heavy atom. The molecule has 0 fully saturated rings. The van der Waals surface area contributed by atoms with Crippen LogP contribution in [0.3, 0.4) is 0 Å². The number of halogens is 1. The highest BCUT2D eigenvalue weighted by Crippen LogP contribution is 2.20. The molecule has 104 valence electrons. The maximum atomic E-state index is 11.8. The fraction of sp³-hybridized carbons (Fsp3) is 0.133. The maximum absolute atomic E-state index is 11.8. The van der Waals surface area contributed by atoms with Gasteiger partial charge in [0.2, 0.25) is 0 Å². The van der Waals surface area contributed by atoms with E-state index in [0.717, 1.165) is 5.56 Å². The molecule has 0 aromatic heterocycles. The minimum absolute atomic E-state index is 0.146. The van der Waals surface area contributed by atoms with Crippen LogP contribution in [0.5, 0.6) is 11.5 Å². The molecule has 0 radical (unpaired) electrons. The number of benzene rings is 2. The second-order valence-electron chi connectivity index (χ2n) is 4.37. The van der Waals surface area contributed by atoms with E-state index >= 15 is 0 Å². The summed E-state index contributed by atoms with van der Waals surface area (Å²) >= 11 is 5.79. The summed E-state index contributed by atoms with van der Waals surface area (Å²) in [5, 5.41) is 22.0. The second-order valence-corrected chi connectivity index (χ2v) is 4.81. The van der Waals surface area contributed by atoms with E-state index in [1.807, 2.05) is 12.1 Å². The number of carbonyl (C=O) groups is 1. The predicted octanol–water partition coefficient (Wildman–Crippen LogP) is 2.72. The van der Waals surface area contributed by atoms with Gasteiger partial charge in [-0.05, 0) is 36.2 Å². The van der Waals surface area contributed by atoms with Crippen molar-refractivity contribution >= 4 is 17.5 Å². The van der Waals surface area contributed by atoms with Crippen molar-refractivity contribution in [3.8, 4) is 11.5 Å². The van der Waals surface area contributed by atoms with Crippen molar-refractivity contribution < 1.29 is 15.0 Å². The molecule has 0 aliphatic heterocycles. The minimum Gasteiger partial charge on any atom is -0.508 e. The van der Waals surface area contributed by atoms with E-state index in [-0.39, 0.29) is 23.0 Å². The normalized spacial score (nSPS) is 10.2. The van der Waals surface area contributed by atoms with Gasteiger partial charge in [0, 0.05) is 23.2 Å². The third kappa shape index (κ3) is 3.90. The second kappa shape index (κ2) is 6.30. The number of phenols is 2. The number of phenolic OH excluding ortho intramolecular Hbond substituents is 2. The standard InChI is InChI=1S/C15H14ClNO3/c16-12-3-1-10(2-4-12)5-6-17-15(20)11-7-13(18)9-14(19)8-11/h1-4,7-9,18-19H,5-6H2,(H,17,20). The van der Waals surface area contributed by atoms with E-state index in [0.29, 0.717) is 18.0 Å². The first-order chi connectivity index (χ1) is 9.54. The van der Waals surface area contributed by atoms with E-state index in [2.05, 4.69) is 5.32 Å². The lowest BCUT2D eigenvalue weighted by molar-refractivity contribution is 0.0953. The lowest BCUT2D eigenvalue weighted by Gasteiger charge is -2.06. The van der Waals surface area contributed by atoms with Crippen molar-refractivity contribution in [1.29, 1.82) is 0 Å². The number of nitrogens with one attached hydrogen (secondary N) is 1. The van der Waals surface area contributed by atoms with Crippen LogP contribution in [0.1, 0.15) is 15.9 Å². The van der Waals surface area contributed by atoms with Gasteiger partial charge in [-0.15, -0.1) is 0 Å². The van der Waals surface area contributed by atoms with Gasteiger partial charge in [0.1, 0.15) is 11.5 Å². The lowest BCUT2D eigenvalue weighted by Crippen LogP contribution is -2.25. The molecule has 0 aliphatic rings. The summed E-state index contributed by atoms with van der Waals surface area (Å²) in [6.07, 6.45) is 0.674. The molecule has 2 aromatic rings. The molecule has 0 saturated heterocycles. The van der Waals surface area contributed by atoms with Crippen LogP contribution in [0.15, 0.2) is 42.5 Å². The highest BCUT2D eigenvalue weighted by molar-refractivity contribution is 6.30. The van der Waals surface area contributed by atoms with Gasteiger partial charge in [-0.1, -0.05) is 23.7 Å². The van der Waals surface area contributed by atoms with Crippen molar-refractivity contribution in [1.82, 2.24) is 5.32 Å². The topological polar surface area (TPSA) is 69.6 Å². The Hall–Kier alpha value is -2.20. The number of amides is 1. The average molecular weight is 292 g/mol. The molecule has 3 N–H and O–H groups in total. The number of hydrogen-bond acceptors (Lipinski definition) is 3. The van der Waals surface area contributed by atoms with Gasteiger partial charge in [0.05, 0.1) is 0 Å². The smallest absolute Gasteiger partial charge is 0.251 e. The number of hydrogen-bond donors (Lipinski definition) is 3. The molecule has 20 heavy (non-hydrogen) atoms. The highest BCUT2D eigenvalue weighted by atomic mass is 35.5. The summed E-state index contributed by atoms with van der Waals surface area (Å²) in [7, 11) is 0. The quantitative estimate of drug-likeness (QED) is 0.811. The molecule has 2 rings (SSSR count). The van der Waals surface area contributed by atoms with Crippen LogP contribution in [0.4, 0.5) is 0 Å². The molecule has 0 saturated carbocycles. The third-order valence-electron chi connectivity index (χ3n) is 2.78. The first kappa shape index (κ1) is 14.2. The number of aromatic hydroxyl groups is 2. The summed E-state index contributed by atoms with van der Waals surface area (Å²) in [4.78, 5) is 11.8. The molecule has 5 heteroatoms. The zero-order valence-corrected chi connectivity index (χ0v) is 11.4. The molecule has 0 bridgehead atoms. The third-order valence-corrected chi connectivity index (χ3v) is 3.03. The van der Waals surface area contributed by atoms with E-state index < -0.39 is 0 Å². The monoisotopic (exact) mass is 291 g/mol. The summed E-state index contributed by atoms with van der Waals surface area (Å²) in [5.41, 5.74) is 1.28. The minimum atomic E-state index is -0.342. The zero-order chi connectivity index (χ0) is 14.5. The van der Waals surface area contributed by atoms with Gasteiger partial charge in [-0.2, -0.15) is 0 Å². The van der Waals surface area contributed by atoms with Gasteiger partial charge in [0.15, 0.2) is 0 Å². The van der Waals surface area contributed by atoms with Crippen molar-refractivity contribution in [2.45, 2.75) is 6.42 Å². The molecule has 0 atom stereocenters. The molecule has 0 aliphatic carbocycles. The van der Waals surface area contributed by atoms with Gasteiger partial charge < -0.3 is 15.5 Å². The highest BCUT2D eigenvalue weighted by Gasteiger charge is 2.07. The first-order valence-corrected chi connectivity index (χ1v) is 6.48. The molecular weight excluding hydrogens is 278 g/mol. The summed E-state index contributed by atoms with van der Waals surface area (Å²) < 4.78 is 0. The molecule has 0 unspecified atom stereocenters. The Labute approximate surface area is 121 Å². The molecule has 4 nitrogen and oxygen atoms in total. The maximum Gasteiger partial charge on any atom is 0.251 e. The molecule has 2 aromatic carbocycles. The van der Waals surface area contributed by atoms with Crippen LogP contribution in [0.2, 0.25) is 5.02 Å². The van der Waals surface area contributed by atoms with Crippen LogP contribution in [-0.2, 0) is 6.42 Å². The average Bonchev–Trinajstić information content (AvgIpc) is 2.40. The van der Waals surface area contributed by atoms with Crippen molar-refractivity contribution in [3.05, 3.63) is 58.6 Å². The number of rotatable bonds is 4. The fourth-order valence-electron chi connectivity index (χ4n) is 1.80. The van der Waals surface area contributed by atoms with Crippen molar-refractivity contribution in [3.63, 3.8) is 0 Å². The van der Waals surface area contributed by atoms with Crippen LogP contribution < -0.4 is 5.32 Å².